The Balaban J connectivity index is 2.54. The lowest BCUT2D eigenvalue weighted by molar-refractivity contribution is -0.143. The van der Waals surface area contributed by atoms with Crippen molar-refractivity contribution >= 4 is 5.97 Å². The maximum Gasteiger partial charge on any atom is 0.387 e. The van der Waals surface area contributed by atoms with Crippen LogP contribution in [0.15, 0.2) is 24.3 Å². The first kappa shape index (κ1) is 16.4. The van der Waals surface area contributed by atoms with E-state index >= 15 is 0 Å². The molecule has 0 aliphatic rings. The van der Waals surface area contributed by atoms with E-state index in [4.69, 9.17) is 4.74 Å². The van der Waals surface area contributed by atoms with Gasteiger partial charge in [0.05, 0.1) is 13.0 Å². The zero-order valence-electron chi connectivity index (χ0n) is 11.6. The van der Waals surface area contributed by atoms with Gasteiger partial charge < -0.3 is 14.8 Å². The molecule has 0 aliphatic carbocycles. The number of para-hydroxylation sites is 1. The molecule has 20 heavy (non-hydrogen) atoms. The Kier molecular flexibility index (Phi) is 6.93. The van der Waals surface area contributed by atoms with Crippen LogP contribution in [0.2, 0.25) is 0 Å². The Bertz CT molecular complexity index is 427. The van der Waals surface area contributed by atoms with Crippen LogP contribution in [0.3, 0.4) is 0 Å². The zero-order chi connectivity index (χ0) is 15.0. The van der Waals surface area contributed by atoms with Gasteiger partial charge in [-0.25, -0.2) is 0 Å². The molecule has 0 radical (unpaired) electrons. The summed E-state index contributed by atoms with van der Waals surface area (Å²) in [6.45, 7) is 1.45. The van der Waals surface area contributed by atoms with Crippen molar-refractivity contribution in [1.29, 1.82) is 0 Å². The molecule has 1 aromatic carbocycles. The van der Waals surface area contributed by atoms with Crippen LogP contribution in [0.1, 0.15) is 31.9 Å². The van der Waals surface area contributed by atoms with Gasteiger partial charge >= 0.3 is 12.6 Å². The van der Waals surface area contributed by atoms with Crippen LogP contribution in [0.25, 0.3) is 0 Å². The molecule has 0 fully saturated rings. The number of benzene rings is 1. The summed E-state index contributed by atoms with van der Waals surface area (Å²) in [6, 6.07) is 6.37. The molecule has 0 spiro atoms. The lowest BCUT2D eigenvalue weighted by Gasteiger charge is -2.17. The molecular weight excluding hydrogens is 268 g/mol. The largest absolute Gasteiger partial charge is 0.466 e. The Morgan fingerprint density at radius 3 is 2.70 bits per heavy atom. The van der Waals surface area contributed by atoms with Crippen LogP contribution in [0.4, 0.5) is 8.78 Å². The van der Waals surface area contributed by atoms with E-state index in [9.17, 15) is 13.6 Å². The summed E-state index contributed by atoms with van der Waals surface area (Å²) in [6.07, 6.45) is 0.232. The molecule has 1 unspecified atom stereocenters. The molecule has 0 saturated heterocycles. The van der Waals surface area contributed by atoms with Gasteiger partial charge in [0.15, 0.2) is 0 Å². The second kappa shape index (κ2) is 8.47. The van der Waals surface area contributed by atoms with Crippen LogP contribution < -0.4 is 10.1 Å². The number of rotatable bonds is 8. The summed E-state index contributed by atoms with van der Waals surface area (Å²) in [4.78, 5) is 11.2. The fourth-order valence-corrected chi connectivity index (χ4v) is 1.78. The van der Waals surface area contributed by atoms with Gasteiger partial charge in [-0.3, -0.25) is 4.79 Å². The van der Waals surface area contributed by atoms with E-state index in [0.29, 0.717) is 18.7 Å². The Hall–Kier alpha value is -1.69. The van der Waals surface area contributed by atoms with Crippen LogP contribution in [-0.2, 0) is 9.53 Å². The summed E-state index contributed by atoms with van der Waals surface area (Å²) in [5, 5.41) is 3.08. The molecule has 0 amide bonds. The van der Waals surface area contributed by atoms with E-state index in [2.05, 4.69) is 10.1 Å². The van der Waals surface area contributed by atoms with Crippen LogP contribution in [0.5, 0.6) is 5.75 Å². The monoisotopic (exact) mass is 287 g/mol. The van der Waals surface area contributed by atoms with Gasteiger partial charge in [-0.2, -0.15) is 8.78 Å². The quantitative estimate of drug-likeness (QED) is 0.747. The molecule has 1 rings (SSSR count). The van der Waals surface area contributed by atoms with Crippen LogP contribution in [-0.4, -0.2) is 25.7 Å². The predicted molar refractivity (Wildman–Crippen MR) is 70.7 cm³/mol. The lowest BCUT2D eigenvalue weighted by Crippen LogP contribution is -2.23. The van der Waals surface area contributed by atoms with Crippen molar-refractivity contribution in [2.45, 2.75) is 32.9 Å². The van der Waals surface area contributed by atoms with E-state index in [1.165, 1.54) is 6.07 Å². The molecule has 0 aromatic heterocycles. The normalized spacial score (nSPS) is 12.2. The molecule has 0 aliphatic heterocycles. The highest BCUT2D eigenvalue weighted by molar-refractivity contribution is 5.69. The number of carbonyl (C=O) groups excluding carboxylic acids is 1. The van der Waals surface area contributed by atoms with Gasteiger partial charge in [-0.1, -0.05) is 18.2 Å². The number of esters is 1. The molecule has 0 heterocycles. The molecule has 1 N–H and O–H groups in total. The maximum absolute atomic E-state index is 12.3. The summed E-state index contributed by atoms with van der Waals surface area (Å²) < 4.78 is 33.9. The topological polar surface area (TPSA) is 47.6 Å². The Morgan fingerprint density at radius 2 is 2.05 bits per heavy atom. The SMILES string of the molecule is CCOC(=O)CCNC(C)c1ccccc1OC(F)F. The minimum absolute atomic E-state index is 0.138. The molecule has 112 valence electrons. The summed E-state index contributed by atoms with van der Waals surface area (Å²) in [5.74, 6) is -0.150. The van der Waals surface area contributed by atoms with E-state index in [1.807, 2.05) is 6.92 Å². The van der Waals surface area contributed by atoms with E-state index < -0.39 is 6.61 Å². The smallest absolute Gasteiger partial charge is 0.387 e. The number of hydrogen-bond donors (Lipinski definition) is 1. The fourth-order valence-electron chi connectivity index (χ4n) is 1.78. The van der Waals surface area contributed by atoms with Crippen molar-refractivity contribution in [3.8, 4) is 5.75 Å². The Labute approximate surface area is 117 Å². The number of halogens is 2. The molecule has 1 aromatic rings. The van der Waals surface area contributed by atoms with E-state index in [0.717, 1.165) is 0 Å². The second-order valence-corrected chi connectivity index (χ2v) is 4.15. The van der Waals surface area contributed by atoms with Crippen molar-refractivity contribution in [3.05, 3.63) is 29.8 Å². The molecule has 6 heteroatoms. The summed E-state index contributed by atoms with van der Waals surface area (Å²) in [7, 11) is 0. The van der Waals surface area contributed by atoms with Gasteiger partial charge in [0.2, 0.25) is 0 Å². The number of ether oxygens (including phenoxy) is 2. The number of alkyl halides is 2. The third-order valence-corrected chi connectivity index (χ3v) is 2.69. The lowest BCUT2D eigenvalue weighted by atomic mass is 10.1. The maximum atomic E-state index is 12.3. The second-order valence-electron chi connectivity index (χ2n) is 4.15. The highest BCUT2D eigenvalue weighted by Gasteiger charge is 2.14. The van der Waals surface area contributed by atoms with Gasteiger partial charge in [0.1, 0.15) is 5.75 Å². The van der Waals surface area contributed by atoms with Gasteiger partial charge in [0, 0.05) is 18.2 Å². The third kappa shape index (κ3) is 5.52. The van der Waals surface area contributed by atoms with Crippen molar-refractivity contribution in [1.82, 2.24) is 5.32 Å². The first-order valence-electron chi connectivity index (χ1n) is 6.47. The minimum Gasteiger partial charge on any atom is -0.466 e. The number of carbonyl (C=O) groups is 1. The average molecular weight is 287 g/mol. The highest BCUT2D eigenvalue weighted by atomic mass is 19.3. The first-order valence-corrected chi connectivity index (χ1v) is 6.47. The number of hydrogen-bond acceptors (Lipinski definition) is 4. The minimum atomic E-state index is -2.86. The van der Waals surface area contributed by atoms with Crippen molar-refractivity contribution in [3.63, 3.8) is 0 Å². The zero-order valence-corrected chi connectivity index (χ0v) is 11.6. The molecule has 0 saturated carbocycles. The van der Waals surface area contributed by atoms with Crippen molar-refractivity contribution < 1.29 is 23.0 Å². The first-order chi connectivity index (χ1) is 9.54. The van der Waals surface area contributed by atoms with Gasteiger partial charge in [-0.05, 0) is 19.9 Å². The van der Waals surface area contributed by atoms with Crippen LogP contribution in [0, 0.1) is 0 Å². The summed E-state index contributed by atoms with van der Waals surface area (Å²) in [5.41, 5.74) is 0.622. The van der Waals surface area contributed by atoms with Crippen molar-refractivity contribution in [2.24, 2.45) is 0 Å². The van der Waals surface area contributed by atoms with E-state index in [1.54, 1.807) is 25.1 Å². The van der Waals surface area contributed by atoms with E-state index in [-0.39, 0.29) is 24.2 Å². The summed E-state index contributed by atoms with van der Waals surface area (Å²) >= 11 is 0. The van der Waals surface area contributed by atoms with Gasteiger partial charge in [0.25, 0.3) is 0 Å². The molecular formula is C14H19F2NO3. The third-order valence-electron chi connectivity index (χ3n) is 2.69. The molecule has 0 bridgehead atoms. The van der Waals surface area contributed by atoms with Crippen molar-refractivity contribution in [2.75, 3.05) is 13.2 Å². The number of nitrogens with one attached hydrogen (secondary N) is 1. The fraction of sp³-hybridized carbons (Fsp3) is 0.500. The molecule has 1 atom stereocenters. The highest BCUT2D eigenvalue weighted by Crippen LogP contribution is 2.26. The van der Waals surface area contributed by atoms with Gasteiger partial charge in [-0.15, -0.1) is 0 Å². The average Bonchev–Trinajstić information content (AvgIpc) is 2.38. The Morgan fingerprint density at radius 1 is 1.35 bits per heavy atom. The standard InChI is InChI=1S/C14H19F2NO3/c1-3-19-13(18)8-9-17-10(2)11-6-4-5-7-12(11)20-14(15)16/h4-7,10,14,17H,3,8-9H2,1-2H3. The van der Waals surface area contributed by atoms with Crippen LogP contribution >= 0.6 is 0 Å². The molecule has 4 nitrogen and oxygen atoms in total. The predicted octanol–water partition coefficient (Wildman–Crippen LogP) is 2.89.